The minimum Gasteiger partial charge on any atom is -0.497 e. The topological polar surface area (TPSA) is 30.3 Å². The van der Waals surface area contributed by atoms with Gasteiger partial charge in [-0.1, -0.05) is 80.9 Å². The highest BCUT2D eigenvalue weighted by molar-refractivity contribution is 5.73. The maximum absolute atomic E-state index is 5.62. The first-order chi connectivity index (χ1) is 18.7. The van der Waals surface area contributed by atoms with Gasteiger partial charge in [0.2, 0.25) is 0 Å². The number of likely N-dealkylation sites (tertiary alicyclic amines) is 1. The largest absolute Gasteiger partial charge is 0.497 e. The molecule has 1 aliphatic rings. The third-order valence-corrected chi connectivity index (χ3v) is 8.11. The fourth-order valence-corrected chi connectivity index (χ4v) is 6.13. The zero-order chi connectivity index (χ0) is 26.5. The van der Waals surface area contributed by atoms with Gasteiger partial charge in [0.15, 0.2) is 0 Å². The number of imidazole rings is 1. The number of nitrogens with zero attached hydrogens (tertiary/aromatic N) is 3. The summed E-state index contributed by atoms with van der Waals surface area (Å²) >= 11 is 0. The first-order valence-electron chi connectivity index (χ1n) is 14.3. The molecule has 1 unspecified atom stereocenters. The van der Waals surface area contributed by atoms with Crippen LogP contribution in [-0.2, 0) is 25.9 Å². The van der Waals surface area contributed by atoms with E-state index in [1.807, 2.05) is 6.07 Å². The predicted molar refractivity (Wildman–Crippen MR) is 158 cm³/mol. The smallest absolute Gasteiger partial charge is 0.141 e. The zero-order valence-electron chi connectivity index (χ0n) is 23.4. The molecule has 1 atom stereocenters. The minimum absolute atomic E-state index is 0.431. The minimum atomic E-state index is 0.431. The first kappa shape index (κ1) is 26.2. The van der Waals surface area contributed by atoms with Crippen molar-refractivity contribution >= 4 is 0 Å². The second-order valence-electron chi connectivity index (χ2n) is 10.3. The molecule has 4 nitrogen and oxygen atoms in total. The van der Waals surface area contributed by atoms with E-state index in [0.29, 0.717) is 6.04 Å². The normalized spacial score (nSPS) is 16.1. The Labute approximate surface area is 228 Å². The monoisotopic (exact) mass is 507 g/mol. The average molecular weight is 508 g/mol. The van der Waals surface area contributed by atoms with Gasteiger partial charge < -0.3 is 9.30 Å². The van der Waals surface area contributed by atoms with Crippen LogP contribution in [-0.4, -0.2) is 28.1 Å². The van der Waals surface area contributed by atoms with Crippen LogP contribution in [0.1, 0.15) is 68.5 Å². The molecule has 5 rings (SSSR count). The Morgan fingerprint density at radius 1 is 0.868 bits per heavy atom. The summed E-state index contributed by atoms with van der Waals surface area (Å²) in [6.45, 7) is 9.62. The van der Waals surface area contributed by atoms with Gasteiger partial charge in [0.1, 0.15) is 11.6 Å². The van der Waals surface area contributed by atoms with Gasteiger partial charge in [-0.15, -0.1) is 0 Å². The zero-order valence-corrected chi connectivity index (χ0v) is 23.4. The number of methoxy groups -OCH3 is 1. The van der Waals surface area contributed by atoms with E-state index in [2.05, 4.69) is 97.0 Å². The summed E-state index contributed by atoms with van der Waals surface area (Å²) in [5.74, 6) is 1.97. The molecule has 0 amide bonds. The first-order valence-corrected chi connectivity index (χ1v) is 14.3. The molecule has 0 aliphatic carbocycles. The lowest BCUT2D eigenvalue weighted by Gasteiger charge is -2.36. The van der Waals surface area contributed by atoms with E-state index in [1.54, 1.807) is 7.11 Å². The van der Waals surface area contributed by atoms with E-state index in [0.717, 1.165) is 55.3 Å². The SMILES string of the molecule is CCc1cccc(CC)c1-c1nc(-c2cccc(OC)c2)c(CN2CCCCC2c2ccccc2)n1CC. The number of piperidine rings is 1. The molecule has 1 fully saturated rings. The van der Waals surface area contributed by atoms with Crippen LogP contribution in [0.4, 0.5) is 0 Å². The number of ether oxygens (including phenoxy) is 1. The van der Waals surface area contributed by atoms with Crippen LogP contribution >= 0.6 is 0 Å². The third kappa shape index (κ3) is 5.15. The molecule has 0 N–H and O–H groups in total. The molecule has 38 heavy (non-hydrogen) atoms. The number of hydrogen-bond donors (Lipinski definition) is 0. The Morgan fingerprint density at radius 2 is 1.61 bits per heavy atom. The number of benzene rings is 3. The molecule has 4 aromatic rings. The summed E-state index contributed by atoms with van der Waals surface area (Å²) in [5.41, 5.74) is 8.96. The predicted octanol–water partition coefficient (Wildman–Crippen LogP) is 8.10. The molecule has 0 saturated carbocycles. The van der Waals surface area contributed by atoms with Crippen molar-refractivity contribution in [3.63, 3.8) is 0 Å². The van der Waals surface area contributed by atoms with Crippen LogP contribution in [0.5, 0.6) is 5.75 Å². The highest BCUT2D eigenvalue weighted by Crippen LogP contribution is 2.38. The van der Waals surface area contributed by atoms with Gasteiger partial charge in [-0.3, -0.25) is 4.90 Å². The van der Waals surface area contributed by atoms with E-state index < -0.39 is 0 Å². The van der Waals surface area contributed by atoms with Gasteiger partial charge in [0.05, 0.1) is 18.5 Å². The standard InChI is InChI=1S/C34H41N3O/c1-5-25-17-13-18-26(6-2)32(25)34-35-33(28-19-14-20-29(23-28)38-4)31(37(34)7-3)24-36-22-12-11-21-30(36)27-15-9-8-10-16-27/h8-10,13-20,23,30H,5-7,11-12,21-22,24H2,1-4H3. The highest BCUT2D eigenvalue weighted by atomic mass is 16.5. The molecule has 1 saturated heterocycles. The van der Waals surface area contributed by atoms with Crippen molar-refractivity contribution < 1.29 is 4.74 Å². The molecule has 2 heterocycles. The van der Waals surface area contributed by atoms with E-state index in [9.17, 15) is 0 Å². The average Bonchev–Trinajstić information content (AvgIpc) is 3.34. The summed E-state index contributed by atoms with van der Waals surface area (Å²) < 4.78 is 8.10. The molecule has 198 valence electrons. The number of aryl methyl sites for hydroxylation is 2. The molecule has 1 aliphatic heterocycles. The fourth-order valence-electron chi connectivity index (χ4n) is 6.13. The van der Waals surface area contributed by atoms with Gasteiger partial charge in [-0.2, -0.15) is 0 Å². The van der Waals surface area contributed by atoms with Crippen LogP contribution in [0, 0.1) is 0 Å². The van der Waals surface area contributed by atoms with E-state index in [1.165, 1.54) is 47.2 Å². The lowest BCUT2D eigenvalue weighted by atomic mass is 9.95. The molecular formula is C34H41N3O. The van der Waals surface area contributed by atoms with Crippen LogP contribution in [0.15, 0.2) is 72.8 Å². The highest BCUT2D eigenvalue weighted by Gasteiger charge is 2.28. The van der Waals surface area contributed by atoms with E-state index >= 15 is 0 Å². The van der Waals surface area contributed by atoms with E-state index in [-0.39, 0.29) is 0 Å². The quantitative estimate of drug-likeness (QED) is 0.229. The van der Waals surface area contributed by atoms with Crippen LogP contribution in [0.3, 0.4) is 0 Å². The summed E-state index contributed by atoms with van der Waals surface area (Å²) in [6, 6.07) is 26.6. The van der Waals surface area contributed by atoms with Crippen molar-refractivity contribution in [1.82, 2.24) is 14.5 Å². The lowest BCUT2D eigenvalue weighted by molar-refractivity contribution is 0.137. The molecule has 4 heteroatoms. The van der Waals surface area contributed by atoms with Crippen molar-refractivity contribution in [2.75, 3.05) is 13.7 Å². The van der Waals surface area contributed by atoms with E-state index in [4.69, 9.17) is 9.72 Å². The molecule has 1 aromatic heterocycles. The third-order valence-electron chi connectivity index (χ3n) is 8.11. The molecule has 3 aromatic carbocycles. The molecule has 0 radical (unpaired) electrons. The van der Waals surface area contributed by atoms with Gasteiger partial charge in [-0.05, 0) is 68.0 Å². The van der Waals surface area contributed by atoms with Gasteiger partial charge >= 0.3 is 0 Å². The number of hydrogen-bond acceptors (Lipinski definition) is 3. The molecule has 0 spiro atoms. The van der Waals surface area contributed by atoms with Gasteiger partial charge in [-0.25, -0.2) is 4.98 Å². The molecular weight excluding hydrogens is 466 g/mol. The second-order valence-corrected chi connectivity index (χ2v) is 10.3. The Kier molecular flexibility index (Phi) is 8.29. The van der Waals surface area contributed by atoms with Gasteiger partial charge in [0, 0.05) is 30.3 Å². The van der Waals surface area contributed by atoms with Crippen molar-refractivity contribution in [1.29, 1.82) is 0 Å². The Hall–Kier alpha value is -3.37. The Bertz CT molecular complexity index is 1340. The summed E-state index contributed by atoms with van der Waals surface area (Å²) in [6.07, 6.45) is 5.70. The van der Waals surface area contributed by atoms with Crippen LogP contribution in [0.2, 0.25) is 0 Å². The summed E-state index contributed by atoms with van der Waals surface area (Å²) in [5, 5.41) is 0. The Balaban J connectivity index is 1.68. The van der Waals surface area contributed by atoms with Crippen LogP contribution in [0.25, 0.3) is 22.6 Å². The van der Waals surface area contributed by atoms with Gasteiger partial charge in [0.25, 0.3) is 0 Å². The Morgan fingerprint density at radius 3 is 2.29 bits per heavy atom. The van der Waals surface area contributed by atoms with Crippen molar-refractivity contribution in [3.8, 4) is 28.4 Å². The maximum atomic E-state index is 5.62. The van der Waals surface area contributed by atoms with Crippen molar-refractivity contribution in [2.45, 2.75) is 72.0 Å². The van der Waals surface area contributed by atoms with Crippen molar-refractivity contribution in [2.24, 2.45) is 0 Å². The fraction of sp³-hybridized carbons (Fsp3) is 0.382. The number of rotatable bonds is 9. The van der Waals surface area contributed by atoms with Crippen LogP contribution < -0.4 is 4.74 Å². The summed E-state index contributed by atoms with van der Waals surface area (Å²) in [4.78, 5) is 8.14. The second kappa shape index (κ2) is 12.0. The van der Waals surface area contributed by atoms with Crippen molar-refractivity contribution in [3.05, 3.63) is 95.2 Å². The number of aromatic nitrogens is 2. The molecule has 0 bridgehead atoms. The summed E-state index contributed by atoms with van der Waals surface area (Å²) in [7, 11) is 1.74. The lowest BCUT2D eigenvalue weighted by Crippen LogP contribution is -2.33. The maximum Gasteiger partial charge on any atom is 0.141 e.